The number of nitrogens with zero attached hydrogens (tertiary/aromatic N) is 2. The van der Waals surface area contributed by atoms with E-state index in [0.29, 0.717) is 24.1 Å². The van der Waals surface area contributed by atoms with Gasteiger partial charge in [-0.05, 0) is 54.7 Å². The molecule has 1 aromatic heterocycles. The summed E-state index contributed by atoms with van der Waals surface area (Å²) in [5, 5.41) is 15.8. The number of carboxylic acids is 1. The average molecular weight is 714 g/mol. The Morgan fingerprint density at radius 1 is 0.956 bits per heavy atom. The maximum atomic E-state index is 13.7. The molecule has 10 nitrogen and oxygen atoms in total. The molecule has 2 aromatic carbocycles. The highest BCUT2D eigenvalue weighted by Crippen LogP contribution is 2.43. The van der Waals surface area contributed by atoms with Crippen molar-refractivity contribution in [2.75, 3.05) is 11.9 Å². The first-order valence-electron chi connectivity index (χ1n) is 14.1. The van der Waals surface area contributed by atoms with E-state index in [0.717, 1.165) is 12.8 Å². The minimum atomic E-state index is -4.03. The lowest BCUT2D eigenvalue weighted by atomic mass is 9.79. The standard InChI is InChI=1S/C30H28Cl4N4O6S/c31-17-10-18(32)12-20(11-17)45(43,44)38-15-22(21-3-1-2-4-26(21)38)28(39)37-25(30(41)42)9-16-5-7-19(8-6-16)36-29(40)27-23(33)13-35-14-24(27)34/h5-8,10-14,21-22,25-26H,1-4,9,15H2,(H,36,40)(H,37,39)(H,41,42). The largest absolute Gasteiger partial charge is 0.480 e. The Bertz CT molecular complexity index is 1700. The van der Waals surface area contributed by atoms with E-state index in [-0.39, 0.29) is 49.4 Å². The number of hydrogen-bond donors (Lipinski definition) is 3. The first-order valence-corrected chi connectivity index (χ1v) is 17.0. The van der Waals surface area contributed by atoms with Crippen molar-refractivity contribution in [1.29, 1.82) is 0 Å². The topological polar surface area (TPSA) is 146 Å². The van der Waals surface area contributed by atoms with Crippen LogP contribution in [0.25, 0.3) is 0 Å². The SMILES string of the molecule is O=C(Nc1ccc(CC(NC(=O)C2CN(S(=O)(=O)c3cc(Cl)cc(Cl)c3)C3CCCCC23)C(=O)O)cc1)c1c(Cl)cncc1Cl. The van der Waals surface area contributed by atoms with Gasteiger partial charge < -0.3 is 15.7 Å². The van der Waals surface area contributed by atoms with Crippen molar-refractivity contribution < 1.29 is 27.9 Å². The molecule has 2 fully saturated rings. The Morgan fingerprint density at radius 2 is 1.58 bits per heavy atom. The molecule has 1 aliphatic carbocycles. The van der Waals surface area contributed by atoms with Gasteiger partial charge in [0.25, 0.3) is 5.91 Å². The van der Waals surface area contributed by atoms with Crippen molar-refractivity contribution in [3.05, 3.63) is 86.1 Å². The molecule has 4 atom stereocenters. The van der Waals surface area contributed by atoms with Gasteiger partial charge in [0.2, 0.25) is 15.9 Å². The van der Waals surface area contributed by atoms with Crippen LogP contribution in [-0.4, -0.2) is 59.2 Å². The van der Waals surface area contributed by atoms with Crippen LogP contribution in [0, 0.1) is 11.8 Å². The van der Waals surface area contributed by atoms with Crippen molar-refractivity contribution in [3.8, 4) is 0 Å². The predicted octanol–water partition coefficient (Wildman–Crippen LogP) is 5.94. The van der Waals surface area contributed by atoms with Gasteiger partial charge in [-0.3, -0.25) is 14.6 Å². The van der Waals surface area contributed by atoms with Crippen LogP contribution in [0.2, 0.25) is 20.1 Å². The summed E-state index contributed by atoms with van der Waals surface area (Å²) >= 11 is 24.3. The van der Waals surface area contributed by atoms with Crippen LogP contribution in [0.1, 0.15) is 41.6 Å². The van der Waals surface area contributed by atoms with Crippen LogP contribution in [-0.2, 0) is 26.0 Å². The van der Waals surface area contributed by atoms with E-state index in [1.54, 1.807) is 24.3 Å². The van der Waals surface area contributed by atoms with Crippen molar-refractivity contribution in [1.82, 2.24) is 14.6 Å². The van der Waals surface area contributed by atoms with Gasteiger partial charge in [0.1, 0.15) is 6.04 Å². The van der Waals surface area contributed by atoms with Crippen LogP contribution in [0.5, 0.6) is 0 Å². The van der Waals surface area contributed by atoms with Crippen molar-refractivity contribution in [2.45, 2.75) is 49.1 Å². The lowest BCUT2D eigenvalue weighted by molar-refractivity contribution is -0.142. The number of benzene rings is 2. The van der Waals surface area contributed by atoms with Crippen LogP contribution >= 0.6 is 46.4 Å². The molecule has 3 N–H and O–H groups in total. The Labute approximate surface area is 280 Å². The highest BCUT2D eigenvalue weighted by molar-refractivity contribution is 7.89. The Hall–Kier alpha value is -2.93. The van der Waals surface area contributed by atoms with E-state index in [9.17, 15) is 27.9 Å². The zero-order valence-corrected chi connectivity index (χ0v) is 27.4. The summed E-state index contributed by atoms with van der Waals surface area (Å²) in [6.45, 7) is -0.0835. The molecule has 2 heterocycles. The molecule has 5 rings (SSSR count). The molecule has 1 aliphatic heterocycles. The maximum Gasteiger partial charge on any atom is 0.326 e. The smallest absolute Gasteiger partial charge is 0.326 e. The minimum absolute atomic E-state index is 0.0405. The molecule has 1 saturated heterocycles. The lowest BCUT2D eigenvalue weighted by Gasteiger charge is -2.32. The van der Waals surface area contributed by atoms with Crippen LogP contribution in [0.3, 0.4) is 0 Å². The normalized spacial score (nSPS) is 20.7. The predicted molar refractivity (Wildman–Crippen MR) is 172 cm³/mol. The van der Waals surface area contributed by atoms with Crippen molar-refractivity contribution in [2.24, 2.45) is 11.8 Å². The first kappa shape index (κ1) is 33.4. The van der Waals surface area contributed by atoms with Gasteiger partial charge in [0.05, 0.1) is 26.4 Å². The summed E-state index contributed by atoms with van der Waals surface area (Å²) in [6.07, 6.45) is 5.45. The number of sulfonamides is 1. The van der Waals surface area contributed by atoms with E-state index < -0.39 is 45.8 Å². The lowest BCUT2D eigenvalue weighted by Crippen LogP contribution is -2.46. The highest BCUT2D eigenvalue weighted by atomic mass is 35.5. The zero-order valence-electron chi connectivity index (χ0n) is 23.6. The molecule has 45 heavy (non-hydrogen) atoms. The third kappa shape index (κ3) is 7.40. The molecular weight excluding hydrogens is 686 g/mol. The minimum Gasteiger partial charge on any atom is -0.480 e. The molecule has 15 heteroatoms. The number of hydrogen-bond acceptors (Lipinski definition) is 6. The first-order chi connectivity index (χ1) is 21.3. The quantitative estimate of drug-likeness (QED) is 0.249. The van der Waals surface area contributed by atoms with Crippen LogP contribution in [0.4, 0.5) is 5.69 Å². The molecule has 3 aromatic rings. The third-order valence-corrected chi connectivity index (χ3v) is 11.0. The number of aromatic nitrogens is 1. The van der Waals surface area contributed by atoms with Crippen molar-refractivity contribution in [3.63, 3.8) is 0 Å². The van der Waals surface area contributed by atoms with Gasteiger partial charge in [0.15, 0.2) is 0 Å². The number of carbonyl (C=O) groups is 3. The van der Waals surface area contributed by atoms with E-state index in [1.807, 2.05) is 0 Å². The van der Waals surface area contributed by atoms with E-state index >= 15 is 0 Å². The molecule has 238 valence electrons. The number of carbonyl (C=O) groups excluding carboxylic acids is 2. The molecule has 0 spiro atoms. The second-order valence-electron chi connectivity index (χ2n) is 11.0. The molecule has 0 radical (unpaired) electrons. The van der Waals surface area contributed by atoms with E-state index in [4.69, 9.17) is 46.4 Å². The monoisotopic (exact) mass is 712 g/mol. The summed E-state index contributed by atoms with van der Waals surface area (Å²) in [6, 6.07) is 8.86. The Balaban J connectivity index is 1.28. The number of fused-ring (bicyclic) bond motifs is 1. The molecule has 2 aliphatic rings. The summed E-state index contributed by atoms with van der Waals surface area (Å²) in [5.41, 5.74) is 1.07. The van der Waals surface area contributed by atoms with Crippen molar-refractivity contribution >= 4 is 79.9 Å². The Morgan fingerprint density at radius 3 is 2.20 bits per heavy atom. The van der Waals surface area contributed by atoms with Gasteiger partial charge in [0, 0.05) is 47.1 Å². The highest BCUT2D eigenvalue weighted by Gasteiger charge is 2.50. The number of carboxylic acid groups (broad SMARTS) is 1. The third-order valence-electron chi connectivity index (χ3n) is 8.17. The summed E-state index contributed by atoms with van der Waals surface area (Å²) in [7, 11) is -4.03. The second kappa shape index (κ2) is 13.8. The van der Waals surface area contributed by atoms with Gasteiger partial charge in [-0.1, -0.05) is 71.4 Å². The van der Waals surface area contributed by atoms with E-state index in [1.165, 1.54) is 34.9 Å². The number of pyridine rings is 1. The number of nitrogens with one attached hydrogen (secondary N) is 2. The number of rotatable bonds is 9. The van der Waals surface area contributed by atoms with Gasteiger partial charge in [-0.25, -0.2) is 13.2 Å². The van der Waals surface area contributed by atoms with Crippen LogP contribution < -0.4 is 10.6 Å². The fourth-order valence-corrected chi connectivity index (χ4v) is 9.05. The molecule has 1 saturated carbocycles. The van der Waals surface area contributed by atoms with Gasteiger partial charge >= 0.3 is 5.97 Å². The fourth-order valence-electron chi connectivity index (χ4n) is 6.06. The summed E-state index contributed by atoms with van der Waals surface area (Å²) in [5.74, 6) is -3.29. The molecule has 0 bridgehead atoms. The maximum absolute atomic E-state index is 13.7. The summed E-state index contributed by atoms with van der Waals surface area (Å²) < 4.78 is 28.7. The number of aliphatic carboxylic acids is 1. The average Bonchev–Trinajstić information content (AvgIpc) is 3.38. The van der Waals surface area contributed by atoms with E-state index in [2.05, 4.69) is 15.6 Å². The van der Waals surface area contributed by atoms with Gasteiger partial charge in [-0.15, -0.1) is 0 Å². The number of halogens is 4. The number of anilines is 1. The zero-order chi connectivity index (χ0) is 32.5. The van der Waals surface area contributed by atoms with Gasteiger partial charge in [-0.2, -0.15) is 4.31 Å². The second-order valence-corrected chi connectivity index (χ2v) is 14.6. The number of amides is 2. The van der Waals surface area contributed by atoms with Crippen LogP contribution in [0.15, 0.2) is 59.8 Å². The molecule has 4 unspecified atom stereocenters. The summed E-state index contributed by atoms with van der Waals surface area (Å²) in [4.78, 5) is 42.2. The Kier molecular flexibility index (Phi) is 10.3. The molecular formula is C30H28Cl4N4O6S. The molecule has 2 amide bonds. The fraction of sp³-hybridized carbons (Fsp3) is 0.333.